The van der Waals surface area contributed by atoms with Crippen LogP contribution in [0.5, 0.6) is 0 Å². The third-order valence-electron chi connectivity index (χ3n) is 5.45. The zero-order valence-electron chi connectivity index (χ0n) is 20.7. The van der Waals surface area contributed by atoms with Crippen molar-refractivity contribution in [1.29, 1.82) is 0 Å². The van der Waals surface area contributed by atoms with Gasteiger partial charge in [-0.2, -0.15) is 0 Å². The fourth-order valence-electron chi connectivity index (χ4n) is 3.36. The van der Waals surface area contributed by atoms with Gasteiger partial charge in [-0.25, -0.2) is 9.78 Å². The third kappa shape index (κ3) is 10.8. The molecule has 1 aromatic rings. The second-order valence-electron chi connectivity index (χ2n) is 8.87. The number of hydrogen-bond donors (Lipinski definition) is 8. The Labute approximate surface area is 209 Å². The molecule has 1 heterocycles. The average Bonchev–Trinajstić information content (AvgIpc) is 3.31. The number of imidazole rings is 1. The normalized spacial score (nSPS) is 14.4. The molecular formula is C22H38N8O6. The van der Waals surface area contributed by atoms with E-state index in [0.717, 1.165) is 0 Å². The van der Waals surface area contributed by atoms with Gasteiger partial charge in [0.15, 0.2) is 0 Å². The van der Waals surface area contributed by atoms with Crippen molar-refractivity contribution >= 4 is 29.6 Å². The van der Waals surface area contributed by atoms with Gasteiger partial charge in [0.2, 0.25) is 23.6 Å². The Kier molecular flexibility index (Phi) is 13.1. The number of carboxylic acid groups (broad SMARTS) is 1. The van der Waals surface area contributed by atoms with Crippen molar-refractivity contribution in [3.05, 3.63) is 18.2 Å². The van der Waals surface area contributed by atoms with Crippen LogP contribution in [0, 0.1) is 5.92 Å². The number of carboxylic acids is 1. The van der Waals surface area contributed by atoms with Crippen molar-refractivity contribution in [1.82, 2.24) is 25.9 Å². The maximum Gasteiger partial charge on any atom is 0.326 e. The van der Waals surface area contributed by atoms with Crippen LogP contribution in [0.2, 0.25) is 0 Å². The number of carbonyl (C=O) groups is 5. The summed E-state index contributed by atoms with van der Waals surface area (Å²) in [7, 11) is 0. The maximum atomic E-state index is 13.1. The molecule has 14 heteroatoms. The molecule has 0 aromatic carbocycles. The number of nitrogens with one attached hydrogen (secondary N) is 4. The van der Waals surface area contributed by atoms with E-state index in [4.69, 9.17) is 17.2 Å². The highest BCUT2D eigenvalue weighted by Crippen LogP contribution is 2.07. The molecule has 1 rings (SSSR count). The summed E-state index contributed by atoms with van der Waals surface area (Å²) in [5, 5.41) is 16.9. The smallest absolute Gasteiger partial charge is 0.326 e. The van der Waals surface area contributed by atoms with Gasteiger partial charge < -0.3 is 43.2 Å². The molecule has 0 radical (unpaired) electrons. The van der Waals surface area contributed by atoms with E-state index in [-0.39, 0.29) is 25.7 Å². The summed E-state index contributed by atoms with van der Waals surface area (Å²) in [6.45, 7) is 3.62. The van der Waals surface area contributed by atoms with Crippen LogP contribution >= 0.6 is 0 Å². The Balaban J connectivity index is 2.98. The molecule has 0 saturated heterocycles. The Morgan fingerprint density at radius 1 is 1.00 bits per heavy atom. The summed E-state index contributed by atoms with van der Waals surface area (Å²) in [6.07, 6.45) is 4.10. The van der Waals surface area contributed by atoms with Gasteiger partial charge in [-0.15, -0.1) is 0 Å². The molecule has 0 aliphatic rings. The van der Waals surface area contributed by atoms with E-state index in [1.165, 1.54) is 12.5 Å². The van der Waals surface area contributed by atoms with Gasteiger partial charge in [0.1, 0.15) is 18.1 Å². The van der Waals surface area contributed by atoms with Crippen molar-refractivity contribution in [2.45, 2.75) is 76.5 Å². The lowest BCUT2D eigenvalue weighted by Crippen LogP contribution is -2.57. The van der Waals surface area contributed by atoms with E-state index in [9.17, 15) is 29.1 Å². The summed E-state index contributed by atoms with van der Waals surface area (Å²) in [4.78, 5) is 68.1. The second kappa shape index (κ2) is 15.5. The Morgan fingerprint density at radius 2 is 1.61 bits per heavy atom. The number of nitrogens with zero attached hydrogens (tertiary/aromatic N) is 1. The minimum atomic E-state index is -1.25. The molecule has 0 aliphatic carbocycles. The van der Waals surface area contributed by atoms with Gasteiger partial charge in [0, 0.05) is 24.7 Å². The van der Waals surface area contributed by atoms with Crippen molar-refractivity contribution in [3.8, 4) is 0 Å². The quantitative estimate of drug-likeness (QED) is 0.106. The van der Waals surface area contributed by atoms with Gasteiger partial charge in [0.05, 0.1) is 12.4 Å². The number of carbonyl (C=O) groups excluding carboxylic acids is 4. The fraction of sp³-hybridized carbons (Fsp3) is 0.636. The number of nitrogens with two attached hydrogens (primary N) is 3. The Hall–Kier alpha value is -3.52. The molecule has 202 valence electrons. The molecule has 4 atom stereocenters. The zero-order valence-corrected chi connectivity index (χ0v) is 20.7. The molecule has 36 heavy (non-hydrogen) atoms. The van der Waals surface area contributed by atoms with E-state index >= 15 is 0 Å². The lowest BCUT2D eigenvalue weighted by atomic mass is 10.0. The summed E-state index contributed by atoms with van der Waals surface area (Å²) in [6, 6.07) is -4.46. The van der Waals surface area contributed by atoms with Crippen molar-refractivity contribution in [2.24, 2.45) is 23.1 Å². The largest absolute Gasteiger partial charge is 0.480 e. The number of hydrogen-bond acceptors (Lipinski definition) is 8. The topological polar surface area (TPSA) is 248 Å². The molecule has 1 aromatic heterocycles. The first-order valence-electron chi connectivity index (χ1n) is 11.8. The first-order valence-corrected chi connectivity index (χ1v) is 11.8. The summed E-state index contributed by atoms with van der Waals surface area (Å²) >= 11 is 0. The number of unbranched alkanes of at least 4 members (excludes halogenated alkanes) is 1. The van der Waals surface area contributed by atoms with Crippen LogP contribution in [0.4, 0.5) is 0 Å². The predicted molar refractivity (Wildman–Crippen MR) is 130 cm³/mol. The van der Waals surface area contributed by atoms with Gasteiger partial charge in [-0.05, 0) is 38.1 Å². The Bertz CT molecular complexity index is 876. The molecule has 14 nitrogen and oxygen atoms in total. The van der Waals surface area contributed by atoms with E-state index in [1.807, 2.05) is 0 Å². The number of aromatic amines is 1. The van der Waals surface area contributed by atoms with Crippen LogP contribution in [-0.2, 0) is 30.4 Å². The Morgan fingerprint density at radius 3 is 2.14 bits per heavy atom. The molecule has 0 fully saturated rings. The second-order valence-corrected chi connectivity index (χ2v) is 8.87. The SMILES string of the molecule is CC(C)C(NC(=O)C(CCC(N)=O)NC(=O)C(CCCCN)NC(=O)C(N)Cc1cnc[nH]1)C(=O)O. The predicted octanol–water partition coefficient (Wildman–Crippen LogP) is -2.13. The van der Waals surface area contributed by atoms with Crippen LogP contribution in [0.25, 0.3) is 0 Å². The highest BCUT2D eigenvalue weighted by Gasteiger charge is 2.31. The summed E-state index contributed by atoms with van der Waals surface area (Å²) in [5.41, 5.74) is 17.3. The fourth-order valence-corrected chi connectivity index (χ4v) is 3.36. The van der Waals surface area contributed by atoms with Gasteiger partial charge >= 0.3 is 5.97 Å². The number of aromatic nitrogens is 2. The van der Waals surface area contributed by atoms with Gasteiger partial charge in [-0.1, -0.05) is 13.8 Å². The monoisotopic (exact) mass is 510 g/mol. The molecule has 11 N–H and O–H groups in total. The highest BCUT2D eigenvalue weighted by molar-refractivity contribution is 5.94. The van der Waals surface area contributed by atoms with Crippen LogP contribution < -0.4 is 33.2 Å². The van der Waals surface area contributed by atoms with Crippen LogP contribution in [0.1, 0.15) is 51.6 Å². The first-order chi connectivity index (χ1) is 17.0. The zero-order chi connectivity index (χ0) is 27.3. The van der Waals surface area contributed by atoms with Gasteiger partial charge in [0.25, 0.3) is 0 Å². The highest BCUT2D eigenvalue weighted by atomic mass is 16.4. The molecular weight excluding hydrogens is 472 g/mol. The molecule has 0 saturated carbocycles. The molecule has 0 aliphatic heterocycles. The average molecular weight is 511 g/mol. The number of rotatable bonds is 17. The molecule has 4 unspecified atom stereocenters. The van der Waals surface area contributed by atoms with E-state index in [1.54, 1.807) is 13.8 Å². The molecule has 0 spiro atoms. The van der Waals surface area contributed by atoms with Crippen molar-refractivity contribution in [2.75, 3.05) is 6.54 Å². The minimum absolute atomic E-state index is 0.153. The number of H-pyrrole nitrogens is 1. The number of aliphatic carboxylic acids is 1. The number of amides is 4. The lowest BCUT2D eigenvalue weighted by molar-refractivity contribution is -0.143. The lowest BCUT2D eigenvalue weighted by Gasteiger charge is -2.26. The minimum Gasteiger partial charge on any atom is -0.480 e. The first kappa shape index (κ1) is 30.5. The van der Waals surface area contributed by atoms with Gasteiger partial charge in [-0.3, -0.25) is 19.2 Å². The van der Waals surface area contributed by atoms with Crippen LogP contribution in [0.15, 0.2) is 12.5 Å². The van der Waals surface area contributed by atoms with Crippen LogP contribution in [0.3, 0.4) is 0 Å². The molecule has 4 amide bonds. The summed E-state index contributed by atoms with van der Waals surface area (Å²) < 4.78 is 0. The van der Waals surface area contributed by atoms with E-state index in [2.05, 4.69) is 25.9 Å². The van der Waals surface area contributed by atoms with E-state index < -0.39 is 59.7 Å². The van der Waals surface area contributed by atoms with Crippen molar-refractivity contribution in [3.63, 3.8) is 0 Å². The standard InChI is InChI=1S/C22H38N8O6/c1-12(2)18(22(35)36)30-21(34)16(6-7-17(25)31)29-20(33)15(5-3-4-8-23)28-19(32)14(24)9-13-10-26-11-27-13/h10-12,14-16,18H,3-9,23-24H2,1-2H3,(H2,25,31)(H,26,27)(H,28,32)(H,29,33)(H,30,34)(H,35,36). The third-order valence-corrected chi connectivity index (χ3v) is 5.45. The maximum absolute atomic E-state index is 13.1. The summed E-state index contributed by atoms with van der Waals surface area (Å²) in [5.74, 6) is -4.42. The number of primary amides is 1. The van der Waals surface area contributed by atoms with Crippen LogP contribution in [-0.4, -0.2) is 75.4 Å². The van der Waals surface area contributed by atoms with E-state index in [0.29, 0.717) is 25.1 Å². The van der Waals surface area contributed by atoms with Crippen molar-refractivity contribution < 1.29 is 29.1 Å². The molecule has 0 bridgehead atoms.